The van der Waals surface area contributed by atoms with Crippen molar-refractivity contribution < 1.29 is 0 Å². The van der Waals surface area contributed by atoms with Crippen molar-refractivity contribution >= 4 is 22.9 Å². The van der Waals surface area contributed by atoms with Crippen molar-refractivity contribution in [2.45, 2.75) is 26.3 Å². The minimum atomic E-state index is 0.537. The number of halogens is 1. The number of hydrogen-bond donors (Lipinski definition) is 1. The zero-order valence-corrected chi connectivity index (χ0v) is 11.7. The molecular formula is C11H19ClN4S. The van der Waals surface area contributed by atoms with Gasteiger partial charge in [-0.3, -0.25) is 4.90 Å². The third-order valence-electron chi connectivity index (χ3n) is 3.16. The summed E-state index contributed by atoms with van der Waals surface area (Å²) in [5, 5.41) is 12.4. The van der Waals surface area contributed by atoms with E-state index in [0.29, 0.717) is 4.47 Å². The quantitative estimate of drug-likeness (QED) is 0.892. The SMILES string of the molecule is CCN(Cc1nnc(Cl)s1)CC1CCCNC1. The Morgan fingerprint density at radius 3 is 3.00 bits per heavy atom. The van der Waals surface area contributed by atoms with Crippen molar-refractivity contribution in [2.24, 2.45) is 5.92 Å². The topological polar surface area (TPSA) is 41.1 Å². The Balaban J connectivity index is 1.83. The lowest BCUT2D eigenvalue weighted by atomic mass is 9.99. The zero-order chi connectivity index (χ0) is 12.1. The van der Waals surface area contributed by atoms with Crippen LogP contribution in [-0.4, -0.2) is 41.3 Å². The third-order valence-corrected chi connectivity index (χ3v) is 4.17. The van der Waals surface area contributed by atoms with Crippen molar-refractivity contribution in [1.29, 1.82) is 0 Å². The zero-order valence-electron chi connectivity index (χ0n) is 10.2. The number of nitrogens with zero attached hydrogens (tertiary/aromatic N) is 3. The van der Waals surface area contributed by atoms with Crippen molar-refractivity contribution in [2.75, 3.05) is 26.2 Å². The molecule has 1 aliphatic rings. The van der Waals surface area contributed by atoms with Crippen LogP contribution in [0.3, 0.4) is 0 Å². The van der Waals surface area contributed by atoms with Gasteiger partial charge in [0.2, 0.25) is 4.47 Å². The number of piperidine rings is 1. The molecule has 1 unspecified atom stereocenters. The lowest BCUT2D eigenvalue weighted by Gasteiger charge is -2.28. The summed E-state index contributed by atoms with van der Waals surface area (Å²) in [6.07, 6.45) is 2.63. The second-order valence-corrected chi connectivity index (χ2v) is 6.13. The smallest absolute Gasteiger partial charge is 0.207 e. The molecule has 2 heterocycles. The highest BCUT2D eigenvalue weighted by molar-refractivity contribution is 7.15. The summed E-state index contributed by atoms with van der Waals surface area (Å²) in [5.74, 6) is 0.770. The van der Waals surface area contributed by atoms with Crippen LogP contribution in [0.5, 0.6) is 0 Å². The van der Waals surface area contributed by atoms with Crippen LogP contribution < -0.4 is 5.32 Å². The van der Waals surface area contributed by atoms with Gasteiger partial charge < -0.3 is 5.32 Å². The Morgan fingerprint density at radius 1 is 1.53 bits per heavy atom. The highest BCUT2D eigenvalue weighted by Crippen LogP contribution is 2.18. The van der Waals surface area contributed by atoms with E-state index in [1.165, 1.54) is 30.7 Å². The molecular weight excluding hydrogens is 256 g/mol. The first-order chi connectivity index (χ1) is 8.28. The largest absolute Gasteiger partial charge is 0.316 e. The molecule has 1 N–H and O–H groups in total. The van der Waals surface area contributed by atoms with Gasteiger partial charge in [0.25, 0.3) is 0 Å². The van der Waals surface area contributed by atoms with Gasteiger partial charge in [0, 0.05) is 6.54 Å². The van der Waals surface area contributed by atoms with Crippen LogP contribution >= 0.6 is 22.9 Å². The Hall–Kier alpha value is -0.230. The molecule has 1 aromatic heterocycles. The molecule has 0 aromatic carbocycles. The maximum Gasteiger partial charge on any atom is 0.207 e. The summed E-state index contributed by atoms with van der Waals surface area (Å²) in [4.78, 5) is 2.43. The Kier molecular flexibility index (Phi) is 5.16. The standard InChI is InChI=1S/C11H19ClN4S/c1-2-16(7-9-4-3-5-13-6-9)8-10-14-15-11(12)17-10/h9,13H,2-8H2,1H3. The summed E-state index contributed by atoms with van der Waals surface area (Å²) >= 11 is 7.27. The molecule has 1 atom stereocenters. The normalized spacial score (nSPS) is 21.0. The molecule has 2 rings (SSSR count). The van der Waals surface area contributed by atoms with Gasteiger partial charge in [-0.2, -0.15) is 0 Å². The number of rotatable bonds is 5. The van der Waals surface area contributed by atoms with E-state index in [1.54, 1.807) is 0 Å². The van der Waals surface area contributed by atoms with Crippen molar-refractivity contribution in [3.63, 3.8) is 0 Å². The summed E-state index contributed by atoms with van der Waals surface area (Å²) in [5.41, 5.74) is 0. The highest BCUT2D eigenvalue weighted by Gasteiger charge is 2.17. The molecule has 96 valence electrons. The second kappa shape index (κ2) is 6.64. The van der Waals surface area contributed by atoms with Gasteiger partial charge in [-0.25, -0.2) is 0 Å². The molecule has 0 aliphatic carbocycles. The monoisotopic (exact) mass is 274 g/mol. The second-order valence-electron chi connectivity index (χ2n) is 4.49. The first-order valence-corrected chi connectivity index (χ1v) is 7.38. The average Bonchev–Trinajstić information content (AvgIpc) is 2.75. The van der Waals surface area contributed by atoms with E-state index in [9.17, 15) is 0 Å². The molecule has 4 nitrogen and oxygen atoms in total. The van der Waals surface area contributed by atoms with Gasteiger partial charge in [0.05, 0.1) is 6.54 Å². The Labute approximate surface area is 111 Å². The third kappa shape index (κ3) is 4.17. The number of nitrogens with one attached hydrogen (secondary N) is 1. The minimum Gasteiger partial charge on any atom is -0.316 e. The fourth-order valence-corrected chi connectivity index (χ4v) is 3.15. The van der Waals surface area contributed by atoms with Crippen LogP contribution in [0.2, 0.25) is 4.47 Å². The van der Waals surface area contributed by atoms with Gasteiger partial charge in [-0.05, 0) is 50.0 Å². The van der Waals surface area contributed by atoms with E-state index in [4.69, 9.17) is 11.6 Å². The summed E-state index contributed by atoms with van der Waals surface area (Å²) in [7, 11) is 0. The molecule has 1 aromatic rings. The number of aromatic nitrogens is 2. The van der Waals surface area contributed by atoms with E-state index in [-0.39, 0.29) is 0 Å². The maximum atomic E-state index is 5.80. The highest BCUT2D eigenvalue weighted by atomic mass is 35.5. The molecule has 0 spiro atoms. The minimum absolute atomic E-state index is 0.537. The molecule has 0 bridgehead atoms. The van der Waals surface area contributed by atoms with Gasteiger partial charge in [-0.15, -0.1) is 10.2 Å². The van der Waals surface area contributed by atoms with E-state index in [1.807, 2.05) is 0 Å². The molecule has 0 amide bonds. The van der Waals surface area contributed by atoms with Crippen molar-refractivity contribution in [1.82, 2.24) is 20.4 Å². The van der Waals surface area contributed by atoms with Crippen molar-refractivity contribution in [3.05, 3.63) is 9.47 Å². The molecule has 17 heavy (non-hydrogen) atoms. The summed E-state index contributed by atoms with van der Waals surface area (Å²) in [6, 6.07) is 0. The van der Waals surface area contributed by atoms with E-state index >= 15 is 0 Å². The van der Waals surface area contributed by atoms with Gasteiger partial charge in [-0.1, -0.05) is 18.3 Å². The predicted octanol–water partition coefficient (Wildman–Crippen LogP) is 2.01. The molecule has 1 aliphatic heterocycles. The Bertz CT molecular complexity index is 338. The van der Waals surface area contributed by atoms with Crippen molar-refractivity contribution in [3.8, 4) is 0 Å². The molecule has 1 saturated heterocycles. The van der Waals surface area contributed by atoms with E-state index < -0.39 is 0 Å². The van der Waals surface area contributed by atoms with Crippen LogP contribution in [0.1, 0.15) is 24.8 Å². The Morgan fingerprint density at radius 2 is 2.41 bits per heavy atom. The van der Waals surface area contributed by atoms with Crippen LogP contribution in [-0.2, 0) is 6.54 Å². The van der Waals surface area contributed by atoms with Crippen LogP contribution in [0.25, 0.3) is 0 Å². The first kappa shape index (κ1) is 13.2. The van der Waals surface area contributed by atoms with E-state index in [2.05, 4.69) is 27.3 Å². The lowest BCUT2D eigenvalue weighted by molar-refractivity contribution is 0.209. The molecule has 1 fully saturated rings. The molecule has 0 saturated carbocycles. The first-order valence-electron chi connectivity index (χ1n) is 6.19. The molecule has 6 heteroatoms. The number of hydrogen-bond acceptors (Lipinski definition) is 5. The fraction of sp³-hybridized carbons (Fsp3) is 0.818. The fourth-order valence-electron chi connectivity index (χ4n) is 2.24. The lowest BCUT2D eigenvalue weighted by Crippen LogP contribution is -2.38. The van der Waals surface area contributed by atoms with Gasteiger partial charge in [0.1, 0.15) is 5.01 Å². The van der Waals surface area contributed by atoms with Crippen LogP contribution in [0.4, 0.5) is 0 Å². The summed E-state index contributed by atoms with van der Waals surface area (Å²) in [6.45, 7) is 7.58. The van der Waals surface area contributed by atoms with Gasteiger partial charge >= 0.3 is 0 Å². The van der Waals surface area contributed by atoms with Crippen LogP contribution in [0, 0.1) is 5.92 Å². The average molecular weight is 275 g/mol. The maximum absolute atomic E-state index is 5.80. The summed E-state index contributed by atoms with van der Waals surface area (Å²) < 4.78 is 0.537. The molecule has 0 radical (unpaired) electrons. The predicted molar refractivity (Wildman–Crippen MR) is 71.5 cm³/mol. The van der Waals surface area contributed by atoms with Crippen LogP contribution in [0.15, 0.2) is 0 Å². The van der Waals surface area contributed by atoms with Gasteiger partial charge in [0.15, 0.2) is 0 Å². The van der Waals surface area contributed by atoms with E-state index in [0.717, 1.165) is 37.1 Å².